The monoisotopic (exact) mass is 167 g/mol. The Kier molecular flexibility index (Phi) is 1.46. The normalized spacial score (nSPS) is 15.0. The smallest absolute Gasteiger partial charge is 0.170 e. The minimum atomic E-state index is -0.461. The average molecular weight is 167 g/mol. The summed E-state index contributed by atoms with van der Waals surface area (Å²) in [5.41, 5.74) is 1.53. The van der Waals surface area contributed by atoms with Crippen molar-refractivity contribution in [1.82, 2.24) is 0 Å². The van der Waals surface area contributed by atoms with Crippen molar-refractivity contribution in [3.8, 4) is 5.75 Å². The van der Waals surface area contributed by atoms with E-state index in [4.69, 9.17) is 5.11 Å². The molecule has 12 heavy (non-hydrogen) atoms. The molecular formula is C9H10FNO. The molecule has 0 spiro atoms. The number of aromatic hydroxyl groups is 1. The van der Waals surface area contributed by atoms with Crippen LogP contribution in [0.5, 0.6) is 5.75 Å². The number of fused-ring (bicyclic) bond motifs is 1. The highest BCUT2D eigenvalue weighted by Crippen LogP contribution is 2.32. The zero-order valence-corrected chi connectivity index (χ0v) is 6.84. The first kappa shape index (κ1) is 7.40. The molecule has 1 aliphatic heterocycles. The number of rotatable bonds is 0. The Bertz CT molecular complexity index is 325. The third kappa shape index (κ3) is 0.858. The van der Waals surface area contributed by atoms with Crippen molar-refractivity contribution in [1.29, 1.82) is 0 Å². The first-order valence-electron chi connectivity index (χ1n) is 3.91. The second-order valence-corrected chi connectivity index (χ2v) is 3.07. The predicted octanol–water partition coefficient (Wildman–Crippen LogP) is 1.52. The molecule has 0 saturated carbocycles. The van der Waals surface area contributed by atoms with Gasteiger partial charge in [-0.1, -0.05) is 0 Å². The highest BCUT2D eigenvalue weighted by Gasteiger charge is 2.20. The van der Waals surface area contributed by atoms with Crippen LogP contribution < -0.4 is 4.90 Å². The molecule has 1 aliphatic rings. The number of likely N-dealkylation sites (N-methyl/N-ethyl adjacent to an activating group) is 1. The fraction of sp³-hybridized carbons (Fsp3) is 0.333. The standard InChI is InChI=1S/C9H10FNO/c1-11-5-4-6-7(11)2-3-8(12)9(6)10/h2-3,12H,4-5H2,1H3. The molecule has 1 N–H and O–H groups in total. The molecule has 0 amide bonds. The molecule has 0 atom stereocenters. The van der Waals surface area contributed by atoms with Gasteiger partial charge in [0.2, 0.25) is 0 Å². The molecule has 0 radical (unpaired) electrons. The summed E-state index contributed by atoms with van der Waals surface area (Å²) in [6.45, 7) is 0.829. The van der Waals surface area contributed by atoms with Crippen LogP contribution in [0.3, 0.4) is 0 Å². The highest BCUT2D eigenvalue weighted by atomic mass is 19.1. The van der Waals surface area contributed by atoms with Gasteiger partial charge in [-0.15, -0.1) is 0 Å². The van der Waals surface area contributed by atoms with Crippen molar-refractivity contribution < 1.29 is 9.50 Å². The molecule has 0 aromatic heterocycles. The molecule has 1 heterocycles. The van der Waals surface area contributed by atoms with E-state index in [9.17, 15) is 4.39 Å². The maximum atomic E-state index is 13.2. The minimum absolute atomic E-state index is 0.246. The number of phenols is 1. The lowest BCUT2D eigenvalue weighted by atomic mass is 10.1. The largest absolute Gasteiger partial charge is 0.505 e. The molecule has 0 aliphatic carbocycles. The first-order chi connectivity index (χ1) is 5.70. The molecule has 64 valence electrons. The van der Waals surface area contributed by atoms with E-state index in [0.29, 0.717) is 12.0 Å². The Morgan fingerprint density at radius 2 is 2.25 bits per heavy atom. The SMILES string of the molecule is CN1CCc2c1ccc(O)c2F. The van der Waals surface area contributed by atoms with Crippen LogP contribution >= 0.6 is 0 Å². The van der Waals surface area contributed by atoms with Gasteiger partial charge in [-0.3, -0.25) is 0 Å². The van der Waals surface area contributed by atoms with Crippen molar-refractivity contribution in [3.63, 3.8) is 0 Å². The molecule has 0 fully saturated rings. The highest BCUT2D eigenvalue weighted by molar-refractivity contribution is 5.60. The van der Waals surface area contributed by atoms with Crippen LogP contribution in [-0.2, 0) is 6.42 Å². The van der Waals surface area contributed by atoms with E-state index in [-0.39, 0.29) is 5.75 Å². The van der Waals surface area contributed by atoms with E-state index in [2.05, 4.69) is 0 Å². The van der Waals surface area contributed by atoms with Crippen molar-refractivity contribution in [2.75, 3.05) is 18.5 Å². The summed E-state index contributed by atoms with van der Waals surface area (Å²) in [6, 6.07) is 3.15. The quantitative estimate of drug-likeness (QED) is 0.633. The van der Waals surface area contributed by atoms with Crippen molar-refractivity contribution in [2.45, 2.75) is 6.42 Å². The van der Waals surface area contributed by atoms with Crippen molar-refractivity contribution >= 4 is 5.69 Å². The fourth-order valence-electron chi connectivity index (χ4n) is 1.59. The van der Waals surface area contributed by atoms with Gasteiger partial charge in [0, 0.05) is 24.8 Å². The molecule has 2 rings (SSSR count). The van der Waals surface area contributed by atoms with Crippen LogP contribution in [-0.4, -0.2) is 18.7 Å². The summed E-state index contributed by atoms with van der Waals surface area (Å²) in [5, 5.41) is 9.08. The van der Waals surface area contributed by atoms with Crippen LogP contribution in [0, 0.1) is 5.82 Å². The lowest BCUT2D eigenvalue weighted by Gasteiger charge is -2.11. The van der Waals surface area contributed by atoms with Gasteiger partial charge in [0.1, 0.15) is 0 Å². The number of halogens is 1. The van der Waals surface area contributed by atoms with E-state index in [1.54, 1.807) is 6.07 Å². The maximum Gasteiger partial charge on any atom is 0.170 e. The van der Waals surface area contributed by atoms with E-state index >= 15 is 0 Å². The van der Waals surface area contributed by atoms with Gasteiger partial charge in [-0.25, -0.2) is 4.39 Å². The Labute approximate surface area is 70.2 Å². The number of nitrogens with zero attached hydrogens (tertiary/aromatic N) is 1. The van der Waals surface area contributed by atoms with E-state index in [1.165, 1.54) is 6.07 Å². The Hall–Kier alpha value is -1.25. The Morgan fingerprint density at radius 3 is 3.00 bits per heavy atom. The van der Waals surface area contributed by atoms with Crippen LogP contribution in [0.25, 0.3) is 0 Å². The number of phenolic OH excluding ortho intramolecular Hbond substituents is 1. The molecule has 0 unspecified atom stereocenters. The number of hydrogen-bond donors (Lipinski definition) is 1. The van der Waals surface area contributed by atoms with Crippen molar-refractivity contribution in [3.05, 3.63) is 23.5 Å². The molecule has 0 bridgehead atoms. The van der Waals surface area contributed by atoms with Gasteiger partial charge in [0.05, 0.1) is 0 Å². The van der Waals surface area contributed by atoms with Gasteiger partial charge in [-0.2, -0.15) is 0 Å². The molecular weight excluding hydrogens is 157 g/mol. The third-order valence-corrected chi connectivity index (χ3v) is 2.31. The summed E-state index contributed by atoms with van der Waals surface area (Å²) in [7, 11) is 1.92. The maximum absolute atomic E-state index is 13.2. The Balaban J connectivity index is 2.60. The lowest BCUT2D eigenvalue weighted by molar-refractivity contribution is 0.430. The van der Waals surface area contributed by atoms with E-state index < -0.39 is 5.82 Å². The third-order valence-electron chi connectivity index (χ3n) is 2.31. The zero-order chi connectivity index (χ0) is 8.72. The van der Waals surface area contributed by atoms with Gasteiger partial charge >= 0.3 is 0 Å². The Morgan fingerprint density at radius 1 is 1.50 bits per heavy atom. The van der Waals surface area contributed by atoms with Gasteiger partial charge < -0.3 is 10.0 Å². The van der Waals surface area contributed by atoms with Crippen LogP contribution in [0.4, 0.5) is 10.1 Å². The van der Waals surface area contributed by atoms with Crippen molar-refractivity contribution in [2.24, 2.45) is 0 Å². The molecule has 1 aromatic carbocycles. The van der Waals surface area contributed by atoms with Gasteiger partial charge in [-0.05, 0) is 18.6 Å². The number of hydrogen-bond acceptors (Lipinski definition) is 2. The summed E-state index contributed by atoms with van der Waals surface area (Å²) < 4.78 is 13.2. The van der Waals surface area contributed by atoms with Crippen LogP contribution in [0.2, 0.25) is 0 Å². The molecule has 1 aromatic rings. The summed E-state index contributed by atoms with van der Waals surface area (Å²) in [5.74, 6) is -0.707. The summed E-state index contributed by atoms with van der Waals surface area (Å²) >= 11 is 0. The second kappa shape index (κ2) is 2.37. The lowest BCUT2D eigenvalue weighted by Crippen LogP contribution is -2.12. The molecule has 2 nitrogen and oxygen atoms in total. The zero-order valence-electron chi connectivity index (χ0n) is 6.84. The topological polar surface area (TPSA) is 23.5 Å². The fourth-order valence-corrected chi connectivity index (χ4v) is 1.59. The van der Waals surface area contributed by atoms with Crippen LogP contribution in [0.1, 0.15) is 5.56 Å². The second-order valence-electron chi connectivity index (χ2n) is 3.07. The molecule has 0 saturated heterocycles. The summed E-state index contributed by atoms with van der Waals surface area (Å²) in [6.07, 6.45) is 0.687. The minimum Gasteiger partial charge on any atom is -0.505 e. The van der Waals surface area contributed by atoms with E-state index in [0.717, 1.165) is 12.2 Å². The number of benzene rings is 1. The van der Waals surface area contributed by atoms with Gasteiger partial charge in [0.15, 0.2) is 11.6 Å². The predicted molar refractivity (Wildman–Crippen MR) is 45.0 cm³/mol. The molecule has 3 heteroatoms. The van der Waals surface area contributed by atoms with Gasteiger partial charge in [0.25, 0.3) is 0 Å². The first-order valence-corrected chi connectivity index (χ1v) is 3.91. The van der Waals surface area contributed by atoms with Crippen LogP contribution in [0.15, 0.2) is 12.1 Å². The number of anilines is 1. The summed E-state index contributed by atoms with van der Waals surface area (Å²) in [4.78, 5) is 1.98. The average Bonchev–Trinajstić information content (AvgIpc) is 2.41. The van der Waals surface area contributed by atoms with E-state index in [1.807, 2.05) is 11.9 Å².